The minimum absolute atomic E-state index is 0.0545. The molecule has 0 fully saturated rings. The van der Waals surface area contributed by atoms with Crippen molar-refractivity contribution in [2.45, 2.75) is 26.3 Å². The van der Waals surface area contributed by atoms with E-state index in [-0.39, 0.29) is 26.2 Å². The van der Waals surface area contributed by atoms with Gasteiger partial charge in [0.1, 0.15) is 19.8 Å². The average molecular weight is 364 g/mol. The normalized spacial score (nSPS) is 10.7. The molecular weight excluding hydrogens is 340 g/mol. The number of hydrogen-bond donors (Lipinski definition) is 0. The van der Waals surface area contributed by atoms with Crippen LogP contribution in [0, 0.1) is 5.41 Å². The lowest BCUT2D eigenvalue weighted by molar-refractivity contribution is -0.158. The van der Waals surface area contributed by atoms with E-state index in [1.807, 2.05) is 6.92 Å². The molecule has 0 saturated carbocycles. The zero-order valence-electron chi connectivity index (χ0n) is 14.9. The standard InChI is InChI=1S/C18H24N2O6/c1-4-15(21)24-11-18(6-3,12-25-16(22)5-2)13-26-17(23)7-9-20-10-8-19-14-20/h4-5,8,10,14H,1-2,6-7,9,11-13H2,3H3. The molecule has 0 bridgehead atoms. The van der Waals surface area contributed by atoms with Crippen LogP contribution >= 0.6 is 0 Å². The molecule has 0 radical (unpaired) electrons. The maximum absolute atomic E-state index is 12.0. The number of esters is 3. The number of nitrogens with zero attached hydrogens (tertiary/aromatic N) is 2. The van der Waals surface area contributed by atoms with Gasteiger partial charge in [-0.2, -0.15) is 0 Å². The van der Waals surface area contributed by atoms with Crippen LogP contribution in [0.1, 0.15) is 19.8 Å². The molecule has 1 rings (SSSR count). The van der Waals surface area contributed by atoms with Crippen LogP contribution in [0.5, 0.6) is 0 Å². The summed E-state index contributed by atoms with van der Waals surface area (Å²) in [5.74, 6) is -1.63. The van der Waals surface area contributed by atoms with Crippen molar-refractivity contribution < 1.29 is 28.6 Å². The van der Waals surface area contributed by atoms with E-state index in [0.29, 0.717) is 13.0 Å². The molecule has 142 valence electrons. The van der Waals surface area contributed by atoms with E-state index in [2.05, 4.69) is 18.1 Å². The molecule has 0 aliphatic heterocycles. The molecule has 1 aromatic rings. The summed E-state index contributed by atoms with van der Waals surface area (Å²) in [6.07, 6.45) is 7.65. The zero-order valence-corrected chi connectivity index (χ0v) is 14.9. The van der Waals surface area contributed by atoms with Crippen molar-refractivity contribution >= 4 is 17.9 Å². The van der Waals surface area contributed by atoms with Crippen molar-refractivity contribution in [3.05, 3.63) is 44.0 Å². The second-order valence-electron chi connectivity index (χ2n) is 5.69. The van der Waals surface area contributed by atoms with Gasteiger partial charge in [0.25, 0.3) is 0 Å². The Morgan fingerprint density at radius 2 is 1.65 bits per heavy atom. The van der Waals surface area contributed by atoms with E-state index in [1.54, 1.807) is 23.3 Å². The molecule has 0 N–H and O–H groups in total. The molecule has 8 heteroatoms. The molecule has 0 aliphatic carbocycles. The van der Waals surface area contributed by atoms with Crippen LogP contribution in [0.4, 0.5) is 0 Å². The molecule has 0 atom stereocenters. The van der Waals surface area contributed by atoms with Crippen molar-refractivity contribution in [1.82, 2.24) is 9.55 Å². The second-order valence-corrected chi connectivity index (χ2v) is 5.69. The van der Waals surface area contributed by atoms with E-state index in [0.717, 1.165) is 12.2 Å². The molecule has 0 amide bonds. The van der Waals surface area contributed by atoms with Crippen molar-refractivity contribution in [3.8, 4) is 0 Å². The molecule has 0 unspecified atom stereocenters. The number of ether oxygens (including phenoxy) is 3. The minimum atomic E-state index is -0.845. The molecule has 8 nitrogen and oxygen atoms in total. The lowest BCUT2D eigenvalue weighted by Crippen LogP contribution is -2.39. The smallest absolute Gasteiger partial charge is 0.330 e. The number of rotatable bonds is 12. The number of carbonyl (C=O) groups excluding carboxylic acids is 3. The Kier molecular flexibility index (Phi) is 8.83. The first-order chi connectivity index (χ1) is 12.4. The third-order valence-electron chi connectivity index (χ3n) is 3.80. The quantitative estimate of drug-likeness (QED) is 0.316. The van der Waals surface area contributed by atoms with Gasteiger partial charge < -0.3 is 18.8 Å². The third kappa shape index (κ3) is 7.33. The van der Waals surface area contributed by atoms with Crippen LogP contribution in [0.15, 0.2) is 44.0 Å². The van der Waals surface area contributed by atoms with Crippen molar-refractivity contribution in [1.29, 1.82) is 0 Å². The van der Waals surface area contributed by atoms with Crippen LogP contribution in [-0.2, 0) is 35.1 Å². The summed E-state index contributed by atoms with van der Waals surface area (Å²) < 4.78 is 17.3. The Morgan fingerprint density at radius 1 is 1.08 bits per heavy atom. The molecule has 26 heavy (non-hydrogen) atoms. The highest BCUT2D eigenvalue weighted by Gasteiger charge is 2.33. The summed E-state index contributed by atoms with van der Waals surface area (Å²) in [5, 5.41) is 0. The third-order valence-corrected chi connectivity index (χ3v) is 3.80. The van der Waals surface area contributed by atoms with Crippen molar-refractivity contribution in [2.24, 2.45) is 5.41 Å². The van der Waals surface area contributed by atoms with Gasteiger partial charge in [0, 0.05) is 31.1 Å². The average Bonchev–Trinajstić information content (AvgIpc) is 3.19. The maximum Gasteiger partial charge on any atom is 0.330 e. The van der Waals surface area contributed by atoms with Crippen molar-refractivity contribution in [3.63, 3.8) is 0 Å². The molecule has 0 spiro atoms. The summed E-state index contributed by atoms with van der Waals surface area (Å²) >= 11 is 0. The number of aryl methyl sites for hydroxylation is 1. The predicted molar refractivity (Wildman–Crippen MR) is 92.8 cm³/mol. The van der Waals surface area contributed by atoms with Gasteiger partial charge in [-0.05, 0) is 6.42 Å². The molecule has 0 aliphatic rings. The highest BCUT2D eigenvalue weighted by atomic mass is 16.6. The number of aromatic nitrogens is 2. The SMILES string of the molecule is C=CC(=O)OCC(CC)(COC(=O)C=C)COC(=O)CCn1ccnc1. The predicted octanol–water partition coefficient (Wildman–Crippen LogP) is 1.67. The molecule has 1 heterocycles. The van der Waals surface area contributed by atoms with Gasteiger partial charge in [-0.3, -0.25) is 4.79 Å². The van der Waals surface area contributed by atoms with Crippen LogP contribution in [0.3, 0.4) is 0 Å². The van der Waals surface area contributed by atoms with E-state index < -0.39 is 23.3 Å². The topological polar surface area (TPSA) is 96.7 Å². The molecule has 0 saturated heterocycles. The highest BCUT2D eigenvalue weighted by molar-refractivity contribution is 5.81. The zero-order chi connectivity index (χ0) is 19.4. The molecule has 0 aromatic carbocycles. The Morgan fingerprint density at radius 3 is 2.12 bits per heavy atom. The van der Waals surface area contributed by atoms with Crippen LogP contribution in [-0.4, -0.2) is 47.3 Å². The summed E-state index contributed by atoms with van der Waals surface area (Å²) in [7, 11) is 0. The Hall–Kier alpha value is -2.90. The maximum atomic E-state index is 12.0. The van der Waals surface area contributed by atoms with E-state index in [9.17, 15) is 14.4 Å². The Bertz CT molecular complexity index is 600. The first kappa shape index (κ1) is 21.1. The first-order valence-electron chi connectivity index (χ1n) is 8.14. The summed E-state index contributed by atoms with van der Waals surface area (Å²) in [6, 6.07) is 0. The molecule has 1 aromatic heterocycles. The highest BCUT2D eigenvalue weighted by Crippen LogP contribution is 2.24. The summed E-state index contributed by atoms with van der Waals surface area (Å²) in [5.41, 5.74) is -0.845. The van der Waals surface area contributed by atoms with Gasteiger partial charge in [0.15, 0.2) is 0 Å². The van der Waals surface area contributed by atoms with Crippen molar-refractivity contribution in [2.75, 3.05) is 19.8 Å². The number of hydrogen-bond acceptors (Lipinski definition) is 7. The number of imidazole rings is 1. The summed E-state index contributed by atoms with van der Waals surface area (Å²) in [6.45, 7) is 8.72. The van der Waals surface area contributed by atoms with Crippen LogP contribution in [0.25, 0.3) is 0 Å². The first-order valence-corrected chi connectivity index (χ1v) is 8.14. The van der Waals surface area contributed by atoms with Crippen LogP contribution in [0.2, 0.25) is 0 Å². The number of carbonyl (C=O) groups is 3. The van der Waals surface area contributed by atoms with Gasteiger partial charge in [-0.1, -0.05) is 20.1 Å². The Balaban J connectivity index is 2.63. The van der Waals surface area contributed by atoms with Gasteiger partial charge in [-0.15, -0.1) is 0 Å². The fourth-order valence-electron chi connectivity index (χ4n) is 1.94. The summed E-state index contributed by atoms with van der Waals surface area (Å²) in [4.78, 5) is 38.6. The van der Waals surface area contributed by atoms with Gasteiger partial charge in [-0.25, -0.2) is 14.6 Å². The van der Waals surface area contributed by atoms with E-state index in [4.69, 9.17) is 14.2 Å². The van der Waals surface area contributed by atoms with E-state index >= 15 is 0 Å². The lowest BCUT2D eigenvalue weighted by Gasteiger charge is -2.30. The van der Waals surface area contributed by atoms with E-state index in [1.165, 1.54) is 0 Å². The fourth-order valence-corrected chi connectivity index (χ4v) is 1.94. The largest absolute Gasteiger partial charge is 0.465 e. The van der Waals surface area contributed by atoms with Gasteiger partial charge >= 0.3 is 17.9 Å². The molecular formula is C18H24N2O6. The monoisotopic (exact) mass is 364 g/mol. The minimum Gasteiger partial charge on any atom is -0.465 e. The second kappa shape index (κ2) is 10.9. The lowest BCUT2D eigenvalue weighted by atomic mass is 9.88. The Labute approximate surface area is 152 Å². The van der Waals surface area contributed by atoms with Gasteiger partial charge in [0.05, 0.1) is 18.2 Å². The van der Waals surface area contributed by atoms with Gasteiger partial charge in [0.2, 0.25) is 0 Å². The van der Waals surface area contributed by atoms with Crippen LogP contribution < -0.4 is 0 Å². The fraction of sp³-hybridized carbons (Fsp3) is 0.444.